The molecule has 0 aromatic carbocycles. The van der Waals surface area contributed by atoms with E-state index in [9.17, 15) is 9.59 Å². The van der Waals surface area contributed by atoms with Crippen molar-refractivity contribution in [2.45, 2.75) is 26.2 Å². The van der Waals surface area contributed by atoms with Crippen molar-refractivity contribution >= 4 is 23.4 Å². The van der Waals surface area contributed by atoms with E-state index in [2.05, 4.69) is 22.5 Å². The maximum Gasteiger partial charge on any atom is 0.270 e. The second kappa shape index (κ2) is 8.48. The van der Waals surface area contributed by atoms with Gasteiger partial charge in [0, 0.05) is 17.8 Å². The van der Waals surface area contributed by atoms with Crippen molar-refractivity contribution in [1.82, 2.24) is 15.6 Å². The summed E-state index contributed by atoms with van der Waals surface area (Å²) in [5, 5.41) is 5.66. The molecule has 0 aliphatic heterocycles. The van der Waals surface area contributed by atoms with E-state index in [0.29, 0.717) is 11.6 Å². The van der Waals surface area contributed by atoms with Crippen LogP contribution in [0.25, 0.3) is 0 Å². The first-order valence-electron chi connectivity index (χ1n) is 6.30. The largest absolute Gasteiger partial charge is 0.355 e. The van der Waals surface area contributed by atoms with E-state index in [1.54, 1.807) is 6.07 Å². The number of carbonyl (C=O) groups is 2. The number of halogens is 1. The maximum atomic E-state index is 11.7. The molecular formula is C13H18ClN3O2. The summed E-state index contributed by atoms with van der Waals surface area (Å²) in [6, 6.07) is 3.04. The number of unbranched alkanes of at least 4 members (excludes halogenated alkanes) is 2. The van der Waals surface area contributed by atoms with E-state index in [-0.39, 0.29) is 18.1 Å². The van der Waals surface area contributed by atoms with E-state index in [1.165, 1.54) is 12.3 Å². The number of rotatable bonds is 7. The zero-order chi connectivity index (χ0) is 14.1. The molecule has 1 rings (SSSR count). The standard InChI is InChI=1S/C13H18ClN3O2/c1-2-3-4-6-16-12(18)9-17-13(19)11-8-10(14)5-7-15-11/h5,7-8H,2-4,6,9H2,1H3,(H,16,18)(H,17,19). The number of amides is 2. The average Bonchev–Trinajstić information content (AvgIpc) is 2.41. The number of aromatic nitrogens is 1. The van der Waals surface area contributed by atoms with Gasteiger partial charge in [0.15, 0.2) is 0 Å². The summed E-state index contributed by atoms with van der Waals surface area (Å²) < 4.78 is 0. The second-order valence-electron chi connectivity index (χ2n) is 4.10. The van der Waals surface area contributed by atoms with Gasteiger partial charge in [-0.05, 0) is 18.6 Å². The van der Waals surface area contributed by atoms with Gasteiger partial charge in [-0.1, -0.05) is 31.4 Å². The van der Waals surface area contributed by atoms with Crippen molar-refractivity contribution in [3.8, 4) is 0 Å². The topological polar surface area (TPSA) is 71.1 Å². The SMILES string of the molecule is CCCCCNC(=O)CNC(=O)c1cc(Cl)ccn1. The number of carbonyl (C=O) groups excluding carboxylic acids is 2. The first-order valence-corrected chi connectivity index (χ1v) is 6.67. The molecule has 2 N–H and O–H groups in total. The Balaban J connectivity index is 2.28. The Labute approximate surface area is 117 Å². The molecule has 0 saturated carbocycles. The molecule has 0 spiro atoms. The third-order valence-corrected chi connectivity index (χ3v) is 2.70. The molecule has 1 aromatic rings. The lowest BCUT2D eigenvalue weighted by Crippen LogP contribution is -2.37. The number of nitrogens with one attached hydrogen (secondary N) is 2. The average molecular weight is 284 g/mol. The van der Waals surface area contributed by atoms with Crippen LogP contribution < -0.4 is 10.6 Å². The summed E-state index contributed by atoms with van der Waals surface area (Å²) in [5.41, 5.74) is 0.200. The van der Waals surface area contributed by atoms with Gasteiger partial charge in [0.25, 0.3) is 5.91 Å². The Morgan fingerprint density at radius 3 is 2.79 bits per heavy atom. The summed E-state index contributed by atoms with van der Waals surface area (Å²) in [7, 11) is 0. The third kappa shape index (κ3) is 6.20. The molecule has 0 aliphatic carbocycles. The van der Waals surface area contributed by atoms with Crippen molar-refractivity contribution in [2.24, 2.45) is 0 Å². The van der Waals surface area contributed by atoms with Crippen LogP contribution in [0.5, 0.6) is 0 Å². The van der Waals surface area contributed by atoms with Crippen LogP contribution >= 0.6 is 11.6 Å². The summed E-state index contributed by atoms with van der Waals surface area (Å²) in [5.74, 6) is -0.613. The molecule has 5 nitrogen and oxygen atoms in total. The first-order chi connectivity index (χ1) is 9.13. The molecule has 0 saturated heterocycles. The van der Waals surface area contributed by atoms with Gasteiger partial charge >= 0.3 is 0 Å². The Morgan fingerprint density at radius 2 is 2.11 bits per heavy atom. The highest BCUT2D eigenvalue weighted by Crippen LogP contribution is 2.07. The Kier molecular flexibility index (Phi) is 6.89. The lowest BCUT2D eigenvalue weighted by Gasteiger charge is -2.06. The molecule has 6 heteroatoms. The van der Waals surface area contributed by atoms with Crippen LogP contribution in [0.15, 0.2) is 18.3 Å². The van der Waals surface area contributed by atoms with Crippen molar-refractivity contribution in [1.29, 1.82) is 0 Å². The minimum absolute atomic E-state index is 0.0564. The third-order valence-electron chi connectivity index (χ3n) is 2.47. The predicted octanol–water partition coefficient (Wildman–Crippen LogP) is 1.77. The van der Waals surface area contributed by atoms with Crippen LogP contribution in [0.3, 0.4) is 0 Å². The fourth-order valence-electron chi connectivity index (χ4n) is 1.45. The lowest BCUT2D eigenvalue weighted by molar-refractivity contribution is -0.120. The molecule has 2 amide bonds. The number of hydrogen-bond donors (Lipinski definition) is 2. The maximum absolute atomic E-state index is 11.7. The van der Waals surface area contributed by atoms with Crippen molar-refractivity contribution in [3.63, 3.8) is 0 Å². The van der Waals surface area contributed by atoms with Gasteiger partial charge in [-0.2, -0.15) is 0 Å². The molecule has 1 aromatic heterocycles. The molecule has 0 bridgehead atoms. The summed E-state index contributed by atoms with van der Waals surface area (Å²) in [6.07, 6.45) is 4.58. The van der Waals surface area contributed by atoms with Crippen LogP contribution in [-0.4, -0.2) is 29.9 Å². The minimum atomic E-state index is -0.411. The van der Waals surface area contributed by atoms with Crippen LogP contribution in [0.2, 0.25) is 5.02 Å². The predicted molar refractivity (Wildman–Crippen MR) is 74.1 cm³/mol. The van der Waals surface area contributed by atoms with Gasteiger partial charge in [0.05, 0.1) is 6.54 Å². The molecular weight excluding hydrogens is 266 g/mol. The zero-order valence-electron chi connectivity index (χ0n) is 10.9. The van der Waals surface area contributed by atoms with Crippen molar-refractivity contribution < 1.29 is 9.59 Å². The van der Waals surface area contributed by atoms with E-state index in [4.69, 9.17) is 11.6 Å². The molecule has 0 unspecified atom stereocenters. The second-order valence-corrected chi connectivity index (χ2v) is 4.54. The smallest absolute Gasteiger partial charge is 0.270 e. The van der Waals surface area contributed by atoms with Crippen molar-refractivity contribution in [3.05, 3.63) is 29.0 Å². The zero-order valence-corrected chi connectivity index (χ0v) is 11.7. The molecule has 0 radical (unpaired) electrons. The fourth-order valence-corrected chi connectivity index (χ4v) is 1.61. The molecule has 1 heterocycles. The van der Waals surface area contributed by atoms with E-state index in [0.717, 1.165) is 19.3 Å². The van der Waals surface area contributed by atoms with Gasteiger partial charge in [-0.3, -0.25) is 14.6 Å². The highest BCUT2D eigenvalue weighted by atomic mass is 35.5. The van der Waals surface area contributed by atoms with Gasteiger partial charge in [-0.25, -0.2) is 0 Å². The fraction of sp³-hybridized carbons (Fsp3) is 0.462. The van der Waals surface area contributed by atoms with Gasteiger partial charge < -0.3 is 10.6 Å². The van der Waals surface area contributed by atoms with Crippen LogP contribution in [0.1, 0.15) is 36.7 Å². The molecule has 0 atom stereocenters. The summed E-state index contributed by atoms with van der Waals surface area (Å²) in [6.45, 7) is 2.68. The highest BCUT2D eigenvalue weighted by Gasteiger charge is 2.09. The Hall–Kier alpha value is -1.62. The molecule has 19 heavy (non-hydrogen) atoms. The quantitative estimate of drug-likeness (QED) is 0.749. The lowest BCUT2D eigenvalue weighted by atomic mass is 10.2. The normalized spacial score (nSPS) is 10.0. The van der Waals surface area contributed by atoms with E-state index >= 15 is 0 Å². The van der Waals surface area contributed by atoms with Crippen LogP contribution in [0, 0.1) is 0 Å². The molecule has 0 aliphatic rings. The number of hydrogen-bond acceptors (Lipinski definition) is 3. The summed E-state index contributed by atoms with van der Waals surface area (Å²) in [4.78, 5) is 27.0. The van der Waals surface area contributed by atoms with Gasteiger partial charge in [-0.15, -0.1) is 0 Å². The van der Waals surface area contributed by atoms with Gasteiger partial charge in [0.1, 0.15) is 5.69 Å². The molecule has 0 fully saturated rings. The minimum Gasteiger partial charge on any atom is -0.355 e. The van der Waals surface area contributed by atoms with Crippen LogP contribution in [-0.2, 0) is 4.79 Å². The van der Waals surface area contributed by atoms with E-state index in [1.807, 2.05) is 0 Å². The highest BCUT2D eigenvalue weighted by molar-refractivity contribution is 6.30. The number of pyridine rings is 1. The Bertz CT molecular complexity index is 438. The summed E-state index contributed by atoms with van der Waals surface area (Å²) >= 11 is 5.75. The van der Waals surface area contributed by atoms with Crippen molar-refractivity contribution in [2.75, 3.05) is 13.1 Å². The first kappa shape index (κ1) is 15.4. The van der Waals surface area contributed by atoms with Crippen LogP contribution in [0.4, 0.5) is 0 Å². The Morgan fingerprint density at radius 1 is 1.32 bits per heavy atom. The van der Waals surface area contributed by atoms with E-state index < -0.39 is 5.91 Å². The van der Waals surface area contributed by atoms with Gasteiger partial charge in [0.2, 0.25) is 5.91 Å². The number of nitrogens with zero attached hydrogens (tertiary/aromatic N) is 1. The monoisotopic (exact) mass is 283 g/mol. The molecule has 104 valence electrons.